The molecule has 0 fully saturated rings. The van der Waals surface area contributed by atoms with Crippen molar-refractivity contribution in [1.29, 1.82) is 0 Å². The van der Waals surface area contributed by atoms with Gasteiger partial charge >= 0.3 is 5.97 Å². The van der Waals surface area contributed by atoms with Crippen LogP contribution in [0.25, 0.3) is 6.08 Å². The number of aldehydes is 1. The highest BCUT2D eigenvalue weighted by Gasteiger charge is 2.01. The first-order valence-corrected chi connectivity index (χ1v) is 4.18. The van der Waals surface area contributed by atoms with Crippen molar-refractivity contribution < 1.29 is 18.7 Å². The van der Waals surface area contributed by atoms with E-state index in [1.807, 2.05) is 0 Å². The average molecular weight is 208 g/mol. The summed E-state index contributed by atoms with van der Waals surface area (Å²) < 4.78 is 17.1. The number of methoxy groups -OCH3 is 1. The van der Waals surface area contributed by atoms with Crippen LogP contribution in [0.5, 0.6) is 0 Å². The van der Waals surface area contributed by atoms with Gasteiger partial charge in [-0.3, -0.25) is 4.79 Å². The Labute approximate surface area is 86.2 Å². The van der Waals surface area contributed by atoms with E-state index < -0.39 is 11.8 Å². The lowest BCUT2D eigenvalue weighted by Gasteiger charge is -1.98. The number of esters is 1. The molecule has 0 saturated carbocycles. The van der Waals surface area contributed by atoms with E-state index in [0.29, 0.717) is 11.8 Å². The largest absolute Gasteiger partial charge is 0.466 e. The Hall–Kier alpha value is -1.97. The number of hydrogen-bond acceptors (Lipinski definition) is 3. The minimum atomic E-state index is -0.531. The molecule has 4 heteroatoms. The molecular formula is C11H9FO3. The first kappa shape index (κ1) is 11.1. The zero-order valence-corrected chi connectivity index (χ0v) is 8.07. The van der Waals surface area contributed by atoms with Gasteiger partial charge in [0.25, 0.3) is 0 Å². The molecule has 0 saturated heterocycles. The molecule has 0 spiro atoms. The van der Waals surface area contributed by atoms with Crippen LogP contribution in [0.4, 0.5) is 4.39 Å². The summed E-state index contributed by atoms with van der Waals surface area (Å²) in [6.07, 6.45) is 3.09. The molecule has 0 unspecified atom stereocenters. The molecule has 15 heavy (non-hydrogen) atoms. The second-order valence-electron chi connectivity index (χ2n) is 2.75. The molecule has 1 rings (SSSR count). The van der Waals surface area contributed by atoms with E-state index in [4.69, 9.17) is 0 Å². The molecule has 0 radical (unpaired) electrons. The van der Waals surface area contributed by atoms with E-state index in [0.717, 1.165) is 6.07 Å². The third kappa shape index (κ3) is 3.02. The lowest BCUT2D eigenvalue weighted by molar-refractivity contribution is -0.134. The summed E-state index contributed by atoms with van der Waals surface area (Å²) in [7, 11) is 1.25. The Morgan fingerprint density at radius 3 is 2.73 bits per heavy atom. The maximum absolute atomic E-state index is 12.7. The fourth-order valence-electron chi connectivity index (χ4n) is 1.03. The standard InChI is InChI=1S/C11H9FO3/c1-15-11(14)5-3-8-2-4-10(12)6-9(8)7-13/h2-7H,1H3. The SMILES string of the molecule is COC(=O)C=Cc1ccc(F)cc1C=O. The van der Waals surface area contributed by atoms with Crippen LogP contribution >= 0.6 is 0 Å². The first-order chi connectivity index (χ1) is 7.17. The predicted octanol–water partition coefficient (Wildman–Crippen LogP) is 1.82. The highest BCUT2D eigenvalue weighted by molar-refractivity contribution is 5.90. The van der Waals surface area contributed by atoms with Gasteiger partial charge in [0.05, 0.1) is 7.11 Å². The highest BCUT2D eigenvalue weighted by atomic mass is 19.1. The number of ether oxygens (including phenoxy) is 1. The van der Waals surface area contributed by atoms with Crippen molar-refractivity contribution in [3.63, 3.8) is 0 Å². The van der Waals surface area contributed by atoms with Gasteiger partial charge in [-0.1, -0.05) is 6.07 Å². The number of benzene rings is 1. The molecule has 0 amide bonds. The van der Waals surface area contributed by atoms with Gasteiger partial charge in [-0.25, -0.2) is 9.18 Å². The average Bonchev–Trinajstić information content (AvgIpc) is 2.26. The smallest absolute Gasteiger partial charge is 0.330 e. The van der Waals surface area contributed by atoms with Crippen LogP contribution in [-0.2, 0) is 9.53 Å². The van der Waals surface area contributed by atoms with Gasteiger partial charge < -0.3 is 4.74 Å². The maximum Gasteiger partial charge on any atom is 0.330 e. The van der Waals surface area contributed by atoms with Gasteiger partial charge in [-0.15, -0.1) is 0 Å². The molecule has 0 atom stereocenters. The van der Waals surface area contributed by atoms with Gasteiger partial charge in [-0.05, 0) is 23.8 Å². The minimum Gasteiger partial charge on any atom is -0.466 e. The van der Waals surface area contributed by atoms with Crippen LogP contribution in [0.1, 0.15) is 15.9 Å². The summed E-state index contributed by atoms with van der Waals surface area (Å²) in [6, 6.07) is 3.73. The van der Waals surface area contributed by atoms with Gasteiger partial charge in [-0.2, -0.15) is 0 Å². The quantitative estimate of drug-likeness (QED) is 0.432. The van der Waals surface area contributed by atoms with Crippen molar-refractivity contribution in [3.8, 4) is 0 Å². The lowest BCUT2D eigenvalue weighted by Crippen LogP contribution is -1.94. The molecule has 0 heterocycles. The summed E-state index contributed by atoms with van der Waals surface area (Å²) in [5.41, 5.74) is 0.659. The second kappa shape index (κ2) is 5.05. The first-order valence-electron chi connectivity index (χ1n) is 4.18. The van der Waals surface area contributed by atoms with Crippen LogP contribution in [0.3, 0.4) is 0 Å². The van der Waals surface area contributed by atoms with Gasteiger partial charge in [0.2, 0.25) is 0 Å². The lowest BCUT2D eigenvalue weighted by atomic mass is 10.1. The third-order valence-electron chi connectivity index (χ3n) is 1.78. The predicted molar refractivity (Wildman–Crippen MR) is 52.8 cm³/mol. The van der Waals surface area contributed by atoms with Crippen molar-refractivity contribution in [1.82, 2.24) is 0 Å². The normalized spacial score (nSPS) is 10.3. The molecule has 1 aromatic rings. The summed E-state index contributed by atoms with van der Waals surface area (Å²) in [6.45, 7) is 0. The van der Waals surface area contributed by atoms with Crippen LogP contribution in [0, 0.1) is 5.82 Å². The maximum atomic E-state index is 12.7. The van der Waals surface area contributed by atoms with Crippen molar-refractivity contribution in [2.45, 2.75) is 0 Å². The van der Waals surface area contributed by atoms with Gasteiger partial charge in [0.1, 0.15) is 5.82 Å². The number of carbonyl (C=O) groups is 2. The van der Waals surface area contributed by atoms with Gasteiger partial charge in [0.15, 0.2) is 6.29 Å². The highest BCUT2D eigenvalue weighted by Crippen LogP contribution is 2.11. The van der Waals surface area contributed by atoms with Crippen LogP contribution in [-0.4, -0.2) is 19.4 Å². The number of halogens is 1. The number of rotatable bonds is 3. The summed E-state index contributed by atoms with van der Waals surface area (Å²) in [4.78, 5) is 21.4. The molecule has 78 valence electrons. The molecule has 0 aliphatic carbocycles. The van der Waals surface area contributed by atoms with Crippen LogP contribution in [0.15, 0.2) is 24.3 Å². The molecule has 0 N–H and O–H groups in total. The van der Waals surface area contributed by atoms with E-state index in [9.17, 15) is 14.0 Å². The molecule has 0 aliphatic rings. The zero-order chi connectivity index (χ0) is 11.3. The van der Waals surface area contributed by atoms with Crippen LogP contribution in [0.2, 0.25) is 0 Å². The molecule has 1 aromatic carbocycles. The van der Waals surface area contributed by atoms with Gasteiger partial charge in [0, 0.05) is 11.6 Å². The van der Waals surface area contributed by atoms with Crippen LogP contribution < -0.4 is 0 Å². The zero-order valence-electron chi connectivity index (χ0n) is 8.07. The molecule has 0 aromatic heterocycles. The number of hydrogen-bond donors (Lipinski definition) is 0. The van der Waals surface area contributed by atoms with E-state index in [2.05, 4.69) is 4.74 Å². The summed E-state index contributed by atoms with van der Waals surface area (Å²) in [5, 5.41) is 0. The number of carbonyl (C=O) groups excluding carboxylic acids is 2. The van der Waals surface area contributed by atoms with Crippen molar-refractivity contribution in [3.05, 3.63) is 41.2 Å². The monoisotopic (exact) mass is 208 g/mol. The molecule has 0 bridgehead atoms. The van der Waals surface area contributed by atoms with E-state index in [-0.39, 0.29) is 5.56 Å². The van der Waals surface area contributed by atoms with Crippen molar-refractivity contribution >= 4 is 18.3 Å². The fraction of sp³-hybridized carbons (Fsp3) is 0.0909. The molecular weight excluding hydrogens is 199 g/mol. The fourth-order valence-corrected chi connectivity index (χ4v) is 1.03. The van der Waals surface area contributed by atoms with Crippen molar-refractivity contribution in [2.24, 2.45) is 0 Å². The molecule has 0 aliphatic heterocycles. The van der Waals surface area contributed by atoms with E-state index >= 15 is 0 Å². The Morgan fingerprint density at radius 1 is 1.40 bits per heavy atom. The Balaban J connectivity index is 2.99. The minimum absolute atomic E-state index is 0.190. The van der Waals surface area contributed by atoms with E-state index in [1.165, 1.54) is 31.4 Å². The van der Waals surface area contributed by atoms with Crippen molar-refractivity contribution in [2.75, 3.05) is 7.11 Å². The molecule has 3 nitrogen and oxygen atoms in total. The topological polar surface area (TPSA) is 43.4 Å². The van der Waals surface area contributed by atoms with E-state index in [1.54, 1.807) is 0 Å². The summed E-state index contributed by atoms with van der Waals surface area (Å²) >= 11 is 0. The Kier molecular flexibility index (Phi) is 3.74. The Bertz CT molecular complexity index is 410. The Morgan fingerprint density at radius 2 is 2.13 bits per heavy atom. The third-order valence-corrected chi connectivity index (χ3v) is 1.78. The second-order valence-corrected chi connectivity index (χ2v) is 2.75. The summed E-state index contributed by atoms with van der Waals surface area (Å²) in [5.74, 6) is -1.02.